The molecule has 1 heterocycles. The Hall–Kier alpha value is -3.59. The first-order valence-electron chi connectivity index (χ1n) is 13.0. The van der Waals surface area contributed by atoms with Gasteiger partial charge in [-0.25, -0.2) is 4.39 Å². The van der Waals surface area contributed by atoms with Gasteiger partial charge in [0.1, 0.15) is 5.82 Å². The fourth-order valence-electron chi connectivity index (χ4n) is 5.23. The Bertz CT molecular complexity index is 1520. The van der Waals surface area contributed by atoms with Gasteiger partial charge in [0, 0.05) is 37.2 Å². The third-order valence-electron chi connectivity index (χ3n) is 7.32. The molecule has 2 N–H and O–H groups in total. The molecule has 0 unspecified atom stereocenters. The summed E-state index contributed by atoms with van der Waals surface area (Å²) in [7, 11) is 1.80. The number of hydrogen-bond donors (Lipinski definition) is 1. The van der Waals surface area contributed by atoms with Crippen molar-refractivity contribution in [2.24, 2.45) is 5.73 Å². The molecule has 220 valence electrons. The summed E-state index contributed by atoms with van der Waals surface area (Å²) < 4.78 is 53.4. The molecule has 1 amide bonds. The van der Waals surface area contributed by atoms with Crippen LogP contribution >= 0.6 is 23.2 Å². The standard InChI is InChI=1S/C32H29Cl2F4N3O/c1-3-4-21(13-14-39)22-6-8-23(9-7-22)31(42)41-18-25(24-10-12-27(33)28(34)16-24)30(19-41)40(2)17-20-5-11-26(29(35)15-20)32(36,37)38/h3-16,25,30H,1,17-19,39H2,2H3/b14-13-,21-4+/t25-,30+/m1/s1. The van der Waals surface area contributed by atoms with Crippen molar-refractivity contribution in [3.63, 3.8) is 0 Å². The molecule has 0 spiro atoms. The topological polar surface area (TPSA) is 49.6 Å². The van der Waals surface area contributed by atoms with E-state index >= 15 is 0 Å². The van der Waals surface area contributed by atoms with E-state index < -0.39 is 17.6 Å². The van der Waals surface area contributed by atoms with Gasteiger partial charge in [0.25, 0.3) is 5.91 Å². The number of alkyl halides is 3. The van der Waals surface area contributed by atoms with Crippen molar-refractivity contribution in [1.29, 1.82) is 0 Å². The van der Waals surface area contributed by atoms with Crippen LogP contribution in [-0.4, -0.2) is 41.9 Å². The molecule has 3 aromatic rings. The molecule has 0 bridgehead atoms. The number of nitrogens with zero attached hydrogens (tertiary/aromatic N) is 2. The normalized spacial score (nSPS) is 17.8. The molecule has 4 rings (SSSR count). The fourth-order valence-corrected chi connectivity index (χ4v) is 5.53. The van der Waals surface area contributed by atoms with Gasteiger partial charge < -0.3 is 10.6 Å². The number of nitrogens with two attached hydrogens (primary N) is 1. The summed E-state index contributed by atoms with van der Waals surface area (Å²) in [5, 5.41) is 0.765. The molecule has 1 aliphatic heterocycles. The maximum Gasteiger partial charge on any atom is 0.419 e. The van der Waals surface area contributed by atoms with Crippen molar-refractivity contribution in [1.82, 2.24) is 9.80 Å². The molecule has 0 aliphatic carbocycles. The van der Waals surface area contributed by atoms with Gasteiger partial charge in [-0.1, -0.05) is 66.2 Å². The van der Waals surface area contributed by atoms with Crippen molar-refractivity contribution >= 4 is 34.7 Å². The Morgan fingerprint density at radius 3 is 2.33 bits per heavy atom. The molecule has 1 aliphatic rings. The van der Waals surface area contributed by atoms with Crippen LogP contribution in [0.3, 0.4) is 0 Å². The summed E-state index contributed by atoms with van der Waals surface area (Å²) >= 11 is 12.5. The second kappa shape index (κ2) is 13.2. The van der Waals surface area contributed by atoms with E-state index in [2.05, 4.69) is 6.58 Å². The zero-order chi connectivity index (χ0) is 30.6. The van der Waals surface area contributed by atoms with E-state index in [1.54, 1.807) is 48.4 Å². The Labute approximate surface area is 252 Å². The van der Waals surface area contributed by atoms with E-state index in [9.17, 15) is 22.4 Å². The van der Waals surface area contributed by atoms with Gasteiger partial charge in [-0.15, -0.1) is 0 Å². The SMILES string of the molecule is C=C/C=C(\C=C/N)c1ccc(C(=O)N2C[C@H](c3ccc(Cl)c(Cl)c3)[C@@H](N(C)Cc3ccc(C(F)(F)F)c(F)c3)C2)cc1. The van der Waals surface area contributed by atoms with Crippen molar-refractivity contribution < 1.29 is 22.4 Å². The summed E-state index contributed by atoms with van der Waals surface area (Å²) in [5.74, 6) is -1.69. The van der Waals surface area contributed by atoms with Gasteiger partial charge in [-0.2, -0.15) is 13.2 Å². The Morgan fingerprint density at radius 1 is 1.05 bits per heavy atom. The van der Waals surface area contributed by atoms with Crippen LogP contribution in [-0.2, 0) is 12.7 Å². The van der Waals surface area contributed by atoms with Gasteiger partial charge in [0.15, 0.2) is 0 Å². The Kier molecular flexibility index (Phi) is 9.82. The Balaban J connectivity index is 1.60. The lowest BCUT2D eigenvalue weighted by Crippen LogP contribution is -2.38. The molecule has 2 atom stereocenters. The molecule has 0 radical (unpaired) electrons. The molecule has 1 saturated heterocycles. The van der Waals surface area contributed by atoms with Crippen LogP contribution in [0.25, 0.3) is 5.57 Å². The molecular formula is C32H29Cl2F4N3O. The van der Waals surface area contributed by atoms with E-state index in [1.165, 1.54) is 12.3 Å². The minimum atomic E-state index is -4.78. The van der Waals surface area contributed by atoms with Crippen LogP contribution in [0, 0.1) is 5.82 Å². The maximum absolute atomic E-state index is 14.3. The van der Waals surface area contributed by atoms with Crippen molar-refractivity contribution in [2.45, 2.75) is 24.7 Å². The van der Waals surface area contributed by atoms with Crippen molar-refractivity contribution in [3.8, 4) is 0 Å². The highest BCUT2D eigenvalue weighted by Gasteiger charge is 2.39. The van der Waals surface area contributed by atoms with Crippen LogP contribution in [0.2, 0.25) is 10.0 Å². The number of likely N-dealkylation sites (N-methyl/N-ethyl adjacent to an activating group) is 1. The lowest BCUT2D eigenvalue weighted by Gasteiger charge is -2.29. The van der Waals surface area contributed by atoms with Gasteiger partial charge >= 0.3 is 6.18 Å². The second-order valence-electron chi connectivity index (χ2n) is 10.1. The lowest BCUT2D eigenvalue weighted by molar-refractivity contribution is -0.140. The predicted molar refractivity (Wildman–Crippen MR) is 160 cm³/mol. The highest BCUT2D eigenvalue weighted by Crippen LogP contribution is 2.36. The van der Waals surface area contributed by atoms with E-state index in [-0.39, 0.29) is 24.4 Å². The first kappa shape index (κ1) is 31.3. The third kappa shape index (κ3) is 7.06. The number of hydrogen-bond acceptors (Lipinski definition) is 3. The van der Waals surface area contributed by atoms with Crippen molar-refractivity contribution in [2.75, 3.05) is 20.1 Å². The first-order chi connectivity index (χ1) is 19.9. The van der Waals surface area contributed by atoms with E-state index in [4.69, 9.17) is 28.9 Å². The quantitative estimate of drug-likeness (QED) is 0.206. The highest BCUT2D eigenvalue weighted by atomic mass is 35.5. The molecule has 10 heteroatoms. The van der Waals surface area contributed by atoms with E-state index in [1.807, 2.05) is 29.2 Å². The van der Waals surface area contributed by atoms with Crippen LogP contribution in [0.5, 0.6) is 0 Å². The monoisotopic (exact) mass is 617 g/mol. The first-order valence-corrected chi connectivity index (χ1v) is 13.8. The molecule has 0 aromatic heterocycles. The van der Waals surface area contributed by atoms with Crippen LogP contribution < -0.4 is 5.73 Å². The minimum absolute atomic E-state index is 0.168. The average Bonchev–Trinajstić information content (AvgIpc) is 3.39. The number of benzene rings is 3. The largest absolute Gasteiger partial charge is 0.419 e. The zero-order valence-electron chi connectivity index (χ0n) is 22.7. The third-order valence-corrected chi connectivity index (χ3v) is 8.06. The summed E-state index contributed by atoms with van der Waals surface area (Å²) in [4.78, 5) is 17.3. The maximum atomic E-state index is 14.3. The predicted octanol–water partition coefficient (Wildman–Crippen LogP) is 7.93. The molecule has 1 fully saturated rings. The van der Waals surface area contributed by atoms with Gasteiger partial charge in [0.2, 0.25) is 0 Å². The summed E-state index contributed by atoms with van der Waals surface area (Å²) in [5.41, 5.74) is 7.69. The minimum Gasteiger partial charge on any atom is -0.405 e. The lowest BCUT2D eigenvalue weighted by atomic mass is 9.93. The van der Waals surface area contributed by atoms with Gasteiger partial charge in [0.05, 0.1) is 15.6 Å². The Morgan fingerprint density at radius 2 is 1.74 bits per heavy atom. The van der Waals surface area contributed by atoms with Crippen LogP contribution in [0.15, 0.2) is 91.7 Å². The number of carbonyl (C=O) groups excluding carboxylic acids is 1. The molecule has 42 heavy (non-hydrogen) atoms. The van der Waals surface area contributed by atoms with Crippen LogP contribution in [0.4, 0.5) is 17.6 Å². The number of carbonyl (C=O) groups is 1. The number of halogens is 6. The number of rotatable bonds is 8. The fraction of sp³-hybridized carbons (Fsp3) is 0.219. The van der Waals surface area contributed by atoms with Gasteiger partial charge in [-0.05, 0) is 78.0 Å². The van der Waals surface area contributed by atoms with E-state index in [0.717, 1.165) is 28.8 Å². The molecule has 0 saturated carbocycles. The molecule has 4 nitrogen and oxygen atoms in total. The van der Waals surface area contributed by atoms with Crippen LogP contribution in [0.1, 0.15) is 38.5 Å². The smallest absolute Gasteiger partial charge is 0.405 e. The average molecular weight is 619 g/mol. The second-order valence-corrected chi connectivity index (χ2v) is 10.9. The summed E-state index contributed by atoms with van der Waals surface area (Å²) in [6, 6.07) is 15.1. The number of likely N-dealkylation sites (tertiary alicyclic amines) is 1. The zero-order valence-corrected chi connectivity index (χ0v) is 24.2. The van der Waals surface area contributed by atoms with Gasteiger partial charge in [-0.3, -0.25) is 9.69 Å². The highest BCUT2D eigenvalue weighted by molar-refractivity contribution is 6.42. The summed E-state index contributed by atoms with van der Waals surface area (Å²) in [6.07, 6.45) is 1.85. The number of allylic oxidation sites excluding steroid dienone is 4. The summed E-state index contributed by atoms with van der Waals surface area (Å²) in [6.45, 7) is 4.59. The van der Waals surface area contributed by atoms with E-state index in [0.29, 0.717) is 34.3 Å². The van der Waals surface area contributed by atoms with Crippen molar-refractivity contribution in [3.05, 3.63) is 135 Å². The number of amides is 1. The molecular weight excluding hydrogens is 589 g/mol. The molecule has 3 aromatic carbocycles.